The van der Waals surface area contributed by atoms with Crippen molar-refractivity contribution in [2.75, 3.05) is 0 Å². The van der Waals surface area contributed by atoms with E-state index in [0.29, 0.717) is 0 Å². The SMILES string of the molecule is O.O.[Ni+2].[Ni+2].[Ni+2].[O-][Si]([O-])([O-])O[Si]([O-])([O-])[O-]. The molecule has 96 valence electrons. The van der Waals surface area contributed by atoms with Gasteiger partial charge in [0.15, 0.2) is 0 Å². The third-order valence-corrected chi connectivity index (χ3v) is 2.25. The molecular weight excluding hydrogens is 376 g/mol. The molecule has 0 aromatic carbocycles. The van der Waals surface area contributed by atoms with E-state index in [1.54, 1.807) is 0 Å². The largest absolute Gasteiger partial charge is 2.00 e. The monoisotopic (exact) mass is 378 g/mol. The van der Waals surface area contributed by atoms with Crippen LogP contribution in [0, 0.1) is 0 Å². The van der Waals surface area contributed by atoms with Gasteiger partial charge in [-0.2, -0.15) is 0 Å². The van der Waals surface area contributed by atoms with Crippen molar-refractivity contribution in [3.63, 3.8) is 0 Å². The average Bonchev–Trinajstić information content (AvgIpc) is 1.14. The topological polar surface area (TPSA) is 211 Å². The summed E-state index contributed by atoms with van der Waals surface area (Å²) < 4.78 is 2.57. The summed E-state index contributed by atoms with van der Waals surface area (Å²) in [4.78, 5) is 56.2. The Balaban J connectivity index is -0.0000000320. The van der Waals surface area contributed by atoms with Crippen LogP contribution in [0.3, 0.4) is 0 Å². The Bertz CT molecular complexity index is 83.2. The molecule has 0 atom stereocenters. The normalized spacial score (nSPS) is 9.00. The van der Waals surface area contributed by atoms with Crippen LogP contribution in [-0.4, -0.2) is 29.0 Å². The van der Waals surface area contributed by atoms with Crippen molar-refractivity contribution in [1.82, 2.24) is 0 Å². The van der Waals surface area contributed by atoms with Crippen LogP contribution in [-0.2, 0) is 53.6 Å². The minimum absolute atomic E-state index is 0. The quantitative estimate of drug-likeness (QED) is 0.421. The number of rotatable bonds is 2. The van der Waals surface area contributed by atoms with Gasteiger partial charge in [-0.05, 0) is 0 Å². The fraction of sp³-hybridized carbons (Fsp3) is 0. The molecule has 0 unspecified atom stereocenters. The standard InChI is InChI=1S/3Ni.O7Si2.2H2O/c;;;1-8(2,3)7-9(4,5)6;;/h;;;;2*1H2/q3*+2;-6;;. The van der Waals surface area contributed by atoms with E-state index < -0.39 is 18.1 Å². The fourth-order valence-corrected chi connectivity index (χ4v) is 1.38. The third kappa shape index (κ3) is 37.4. The van der Waals surface area contributed by atoms with Gasteiger partial charge in [-0.25, -0.2) is 0 Å². The van der Waals surface area contributed by atoms with Crippen molar-refractivity contribution >= 4 is 18.1 Å². The molecule has 0 saturated carbocycles. The Morgan fingerprint density at radius 1 is 0.571 bits per heavy atom. The smallest absolute Gasteiger partial charge is 0.862 e. The van der Waals surface area contributed by atoms with E-state index in [1.807, 2.05) is 0 Å². The van der Waals surface area contributed by atoms with Gasteiger partial charge in [-0.1, -0.05) is 0 Å². The van der Waals surface area contributed by atoms with Crippen molar-refractivity contribution in [2.45, 2.75) is 0 Å². The Kier molecular flexibility index (Phi) is 32.5. The Morgan fingerprint density at radius 2 is 0.714 bits per heavy atom. The summed E-state index contributed by atoms with van der Waals surface area (Å²) in [6.45, 7) is 0. The molecule has 0 saturated heterocycles. The van der Waals surface area contributed by atoms with Crippen molar-refractivity contribution in [3.8, 4) is 0 Å². The predicted molar refractivity (Wildman–Crippen MR) is 19.8 cm³/mol. The van der Waals surface area contributed by atoms with Gasteiger partial charge < -0.3 is 43.8 Å². The molecule has 0 heterocycles. The van der Waals surface area contributed by atoms with Gasteiger partial charge in [0.25, 0.3) is 0 Å². The molecule has 0 aliphatic carbocycles. The van der Waals surface area contributed by atoms with E-state index in [2.05, 4.69) is 4.12 Å². The van der Waals surface area contributed by atoms with Crippen LogP contribution in [0.1, 0.15) is 0 Å². The molecular formula is H4Ni3O9Si2. The van der Waals surface area contributed by atoms with Crippen LogP contribution in [0.2, 0.25) is 0 Å². The number of hydrogen-bond acceptors (Lipinski definition) is 7. The van der Waals surface area contributed by atoms with Gasteiger partial charge in [0.2, 0.25) is 0 Å². The maximum Gasteiger partial charge on any atom is 2.00 e. The van der Waals surface area contributed by atoms with Crippen molar-refractivity contribution in [1.29, 1.82) is 0 Å². The van der Waals surface area contributed by atoms with Crippen LogP contribution in [0.25, 0.3) is 0 Å². The molecule has 0 amide bonds. The summed E-state index contributed by atoms with van der Waals surface area (Å²) in [5, 5.41) is 0. The van der Waals surface area contributed by atoms with Crippen LogP contribution in [0.5, 0.6) is 0 Å². The minimum Gasteiger partial charge on any atom is -0.862 e. The first-order chi connectivity index (χ1) is 3.71. The zero-order valence-corrected chi connectivity index (χ0v) is 10.8. The summed E-state index contributed by atoms with van der Waals surface area (Å²) >= 11 is 0. The maximum absolute atomic E-state index is 9.36. The molecule has 0 radical (unpaired) electrons. The van der Waals surface area contributed by atoms with Gasteiger partial charge in [-0.3, -0.25) is 0 Å². The molecule has 0 spiro atoms. The second kappa shape index (κ2) is 12.6. The summed E-state index contributed by atoms with van der Waals surface area (Å²) in [6, 6.07) is 0. The summed E-state index contributed by atoms with van der Waals surface area (Å²) in [7, 11) is -11.8. The Labute approximate surface area is 111 Å². The van der Waals surface area contributed by atoms with Crippen molar-refractivity contribution in [2.24, 2.45) is 0 Å². The second-order valence-corrected chi connectivity index (χ2v) is 3.92. The summed E-state index contributed by atoms with van der Waals surface area (Å²) in [5.41, 5.74) is 0. The average molecular weight is 380 g/mol. The van der Waals surface area contributed by atoms with E-state index in [4.69, 9.17) is 0 Å². The Morgan fingerprint density at radius 3 is 0.714 bits per heavy atom. The zero-order chi connectivity index (χ0) is 7.71. The predicted octanol–water partition coefficient (Wildman–Crippen LogP) is -9.62. The van der Waals surface area contributed by atoms with Crippen molar-refractivity contribution < 1.29 is 93.3 Å². The molecule has 0 bridgehead atoms. The molecule has 4 N–H and O–H groups in total. The minimum atomic E-state index is -5.92. The van der Waals surface area contributed by atoms with Crippen LogP contribution in [0.4, 0.5) is 0 Å². The molecule has 0 fully saturated rings. The fourth-order valence-electron chi connectivity index (χ4n) is 0.153. The maximum atomic E-state index is 9.36. The molecule has 0 aromatic rings. The van der Waals surface area contributed by atoms with Gasteiger partial charge in [0.1, 0.15) is 0 Å². The van der Waals surface area contributed by atoms with E-state index in [-0.39, 0.29) is 60.4 Å². The third-order valence-electron chi connectivity index (χ3n) is 0.250. The summed E-state index contributed by atoms with van der Waals surface area (Å²) in [5.74, 6) is 0. The van der Waals surface area contributed by atoms with Crippen LogP contribution < -0.4 is 28.8 Å². The number of hydrogen-bond donors (Lipinski definition) is 0. The molecule has 0 rings (SSSR count). The van der Waals surface area contributed by atoms with Crippen LogP contribution >= 0.6 is 0 Å². The van der Waals surface area contributed by atoms with E-state index in [1.165, 1.54) is 0 Å². The molecule has 14 heavy (non-hydrogen) atoms. The van der Waals surface area contributed by atoms with E-state index >= 15 is 0 Å². The first kappa shape index (κ1) is 36.1. The van der Waals surface area contributed by atoms with Gasteiger partial charge in [-0.15, -0.1) is 18.1 Å². The van der Waals surface area contributed by atoms with Gasteiger partial charge in [0, 0.05) is 0 Å². The van der Waals surface area contributed by atoms with Crippen LogP contribution in [0.15, 0.2) is 0 Å². The first-order valence-electron chi connectivity index (χ1n) is 1.63. The molecule has 9 nitrogen and oxygen atoms in total. The van der Waals surface area contributed by atoms with Crippen molar-refractivity contribution in [3.05, 3.63) is 0 Å². The van der Waals surface area contributed by atoms with E-state index in [0.717, 1.165) is 0 Å². The van der Waals surface area contributed by atoms with E-state index in [9.17, 15) is 28.8 Å². The molecule has 0 aromatic heterocycles. The first-order valence-corrected chi connectivity index (χ1v) is 4.90. The molecule has 0 aliphatic heterocycles. The van der Waals surface area contributed by atoms with Gasteiger partial charge in [0.05, 0.1) is 0 Å². The zero-order valence-electron chi connectivity index (χ0n) is 5.81. The molecule has 0 aliphatic rings. The van der Waals surface area contributed by atoms with Gasteiger partial charge >= 0.3 is 49.5 Å². The Hall–Kier alpha value is 1.55. The summed E-state index contributed by atoms with van der Waals surface area (Å²) in [6.07, 6.45) is 0. The second-order valence-electron chi connectivity index (χ2n) is 1.10. The molecule has 14 heteroatoms.